The van der Waals surface area contributed by atoms with E-state index < -0.39 is 12.0 Å². The van der Waals surface area contributed by atoms with E-state index in [9.17, 15) is 4.79 Å². The number of benzene rings is 3. The number of rotatable bonds is 14. The monoisotopic (exact) mass is 516 g/mol. The van der Waals surface area contributed by atoms with E-state index in [2.05, 4.69) is 25.2 Å². The summed E-state index contributed by atoms with van der Waals surface area (Å²) >= 11 is 0. The smallest absolute Gasteiger partial charge is 0.333 e. The van der Waals surface area contributed by atoms with Crippen LogP contribution in [0.15, 0.2) is 66.7 Å². The fraction of sp³-hybridized carbons (Fsp3) is 0.355. The van der Waals surface area contributed by atoms with Crippen molar-refractivity contribution in [1.29, 1.82) is 5.26 Å². The topological polar surface area (TPSA) is 89.8 Å². The summed E-state index contributed by atoms with van der Waals surface area (Å²) in [6.45, 7) is 7.89. The Morgan fingerprint density at radius 2 is 1.71 bits per heavy atom. The number of nitrogens with zero attached hydrogens (tertiary/aromatic N) is 1. The molecule has 3 rings (SSSR count). The Morgan fingerprint density at radius 3 is 2.34 bits per heavy atom. The van der Waals surface area contributed by atoms with E-state index in [0.29, 0.717) is 60.7 Å². The zero-order chi connectivity index (χ0) is 27.3. The third-order valence-electron chi connectivity index (χ3n) is 5.79. The standard InChI is InChI=1S/C31H36N2O5/c1-5-37-28-19-27(30(31(34)35-4)33-26-13-11-23(20-32)12-14-26)29(18-25(28)17-22(2)3)38-16-15-36-21-24-9-7-6-8-10-24/h6-14,18-19,22,30,33H,5,15-17,21H2,1-4H3. The van der Waals surface area contributed by atoms with Crippen molar-refractivity contribution < 1.29 is 23.7 Å². The van der Waals surface area contributed by atoms with Crippen LogP contribution in [-0.4, -0.2) is 32.9 Å². The van der Waals surface area contributed by atoms with Crippen LogP contribution in [0.2, 0.25) is 0 Å². The van der Waals surface area contributed by atoms with Gasteiger partial charge in [-0.25, -0.2) is 4.79 Å². The number of carbonyl (C=O) groups is 1. The number of methoxy groups -OCH3 is 1. The van der Waals surface area contributed by atoms with Gasteiger partial charge in [0.2, 0.25) is 0 Å². The molecule has 0 fully saturated rings. The quantitative estimate of drug-likeness (QED) is 0.205. The van der Waals surface area contributed by atoms with Gasteiger partial charge in [-0.1, -0.05) is 44.2 Å². The summed E-state index contributed by atoms with van der Waals surface area (Å²) in [6, 6.07) is 21.9. The van der Waals surface area contributed by atoms with Crippen molar-refractivity contribution in [3.63, 3.8) is 0 Å². The van der Waals surface area contributed by atoms with E-state index in [1.165, 1.54) is 7.11 Å². The van der Waals surface area contributed by atoms with Crippen molar-refractivity contribution in [3.8, 4) is 17.6 Å². The molecule has 0 saturated heterocycles. The Bertz CT molecular complexity index is 1200. The molecule has 3 aromatic carbocycles. The van der Waals surface area contributed by atoms with Crippen molar-refractivity contribution >= 4 is 11.7 Å². The summed E-state index contributed by atoms with van der Waals surface area (Å²) in [5, 5.41) is 12.4. The summed E-state index contributed by atoms with van der Waals surface area (Å²) in [7, 11) is 1.35. The van der Waals surface area contributed by atoms with Gasteiger partial charge >= 0.3 is 5.97 Å². The number of ether oxygens (including phenoxy) is 4. The van der Waals surface area contributed by atoms with Crippen molar-refractivity contribution in [2.45, 2.75) is 39.8 Å². The molecule has 1 N–H and O–H groups in total. The number of carbonyl (C=O) groups excluding carboxylic acids is 1. The second kappa shape index (κ2) is 14.7. The maximum absolute atomic E-state index is 13.0. The van der Waals surface area contributed by atoms with Gasteiger partial charge in [-0.3, -0.25) is 0 Å². The Morgan fingerprint density at radius 1 is 0.974 bits per heavy atom. The van der Waals surface area contributed by atoms with Gasteiger partial charge in [0.05, 0.1) is 38.6 Å². The maximum Gasteiger partial charge on any atom is 0.333 e. The minimum absolute atomic E-state index is 0.305. The van der Waals surface area contributed by atoms with Crippen LogP contribution in [0.25, 0.3) is 0 Å². The molecule has 0 spiro atoms. The fourth-order valence-corrected chi connectivity index (χ4v) is 4.02. The maximum atomic E-state index is 13.0. The van der Waals surface area contributed by atoms with Crippen LogP contribution in [0.3, 0.4) is 0 Å². The lowest BCUT2D eigenvalue weighted by Gasteiger charge is -2.24. The first kappa shape index (κ1) is 28.5. The predicted molar refractivity (Wildman–Crippen MR) is 147 cm³/mol. The Kier molecular flexibility index (Phi) is 11.0. The van der Waals surface area contributed by atoms with Gasteiger partial charge in [0.15, 0.2) is 6.04 Å². The highest BCUT2D eigenvalue weighted by Gasteiger charge is 2.27. The SMILES string of the molecule is CCOc1cc(C(Nc2ccc(C#N)cc2)C(=O)OC)c(OCCOCc2ccccc2)cc1CC(C)C. The summed E-state index contributed by atoms with van der Waals surface area (Å²) < 4.78 is 23.1. The normalized spacial score (nSPS) is 11.5. The number of anilines is 1. The molecule has 0 radical (unpaired) electrons. The number of hydrogen-bond donors (Lipinski definition) is 1. The molecule has 1 atom stereocenters. The zero-order valence-corrected chi connectivity index (χ0v) is 22.5. The molecular weight excluding hydrogens is 480 g/mol. The zero-order valence-electron chi connectivity index (χ0n) is 22.5. The molecular formula is C31H36N2O5. The first-order valence-corrected chi connectivity index (χ1v) is 12.8. The summed E-state index contributed by atoms with van der Waals surface area (Å²) in [5.74, 6) is 1.19. The van der Waals surface area contributed by atoms with E-state index in [4.69, 9.17) is 24.2 Å². The lowest BCUT2D eigenvalue weighted by molar-refractivity contribution is -0.141. The van der Waals surface area contributed by atoms with E-state index >= 15 is 0 Å². The number of hydrogen-bond acceptors (Lipinski definition) is 7. The van der Waals surface area contributed by atoms with Gasteiger partial charge in [-0.2, -0.15) is 5.26 Å². The minimum Gasteiger partial charge on any atom is -0.494 e. The van der Waals surface area contributed by atoms with Gasteiger partial charge in [0, 0.05) is 11.3 Å². The fourth-order valence-electron chi connectivity index (χ4n) is 4.02. The van der Waals surface area contributed by atoms with E-state index in [0.717, 1.165) is 17.5 Å². The second-order valence-electron chi connectivity index (χ2n) is 9.21. The molecule has 200 valence electrons. The highest BCUT2D eigenvalue weighted by atomic mass is 16.5. The van der Waals surface area contributed by atoms with Crippen LogP contribution in [0.1, 0.15) is 49.1 Å². The van der Waals surface area contributed by atoms with Gasteiger partial charge in [-0.15, -0.1) is 0 Å². The van der Waals surface area contributed by atoms with Crippen LogP contribution >= 0.6 is 0 Å². The van der Waals surface area contributed by atoms with Crippen LogP contribution in [0.4, 0.5) is 5.69 Å². The average Bonchev–Trinajstić information content (AvgIpc) is 2.93. The van der Waals surface area contributed by atoms with Crippen LogP contribution < -0.4 is 14.8 Å². The van der Waals surface area contributed by atoms with Gasteiger partial charge in [0.25, 0.3) is 0 Å². The molecule has 0 amide bonds. The predicted octanol–water partition coefficient (Wildman–Crippen LogP) is 6.08. The molecule has 7 heteroatoms. The number of nitrogens with one attached hydrogen (secondary N) is 1. The summed E-state index contributed by atoms with van der Waals surface area (Å²) in [4.78, 5) is 13.0. The van der Waals surface area contributed by atoms with Crippen LogP contribution in [0, 0.1) is 17.2 Å². The number of nitriles is 1. The molecule has 0 bridgehead atoms. The molecule has 3 aromatic rings. The molecule has 0 heterocycles. The number of esters is 1. The Balaban J connectivity index is 1.90. The second-order valence-corrected chi connectivity index (χ2v) is 9.21. The van der Waals surface area contributed by atoms with E-state index in [-0.39, 0.29) is 0 Å². The Labute approximate surface area is 225 Å². The third kappa shape index (κ3) is 8.25. The molecule has 0 aliphatic carbocycles. The van der Waals surface area contributed by atoms with E-state index in [1.54, 1.807) is 24.3 Å². The molecule has 0 aromatic heterocycles. The third-order valence-corrected chi connectivity index (χ3v) is 5.79. The average molecular weight is 517 g/mol. The molecule has 0 aliphatic rings. The molecule has 1 unspecified atom stereocenters. The van der Waals surface area contributed by atoms with Gasteiger partial charge in [0.1, 0.15) is 18.1 Å². The van der Waals surface area contributed by atoms with E-state index in [1.807, 2.05) is 49.4 Å². The molecule has 0 saturated carbocycles. The van der Waals surface area contributed by atoms with Crippen molar-refractivity contribution in [2.75, 3.05) is 32.2 Å². The summed E-state index contributed by atoms with van der Waals surface area (Å²) in [5.41, 5.74) is 3.89. The highest BCUT2D eigenvalue weighted by Crippen LogP contribution is 2.36. The van der Waals surface area contributed by atoms with Crippen LogP contribution in [-0.2, 0) is 27.3 Å². The molecule has 0 aliphatic heterocycles. The van der Waals surface area contributed by atoms with Gasteiger partial charge < -0.3 is 24.3 Å². The minimum atomic E-state index is -0.861. The first-order chi connectivity index (χ1) is 18.4. The highest BCUT2D eigenvalue weighted by molar-refractivity contribution is 5.82. The molecule has 38 heavy (non-hydrogen) atoms. The van der Waals surface area contributed by atoms with Crippen molar-refractivity contribution in [2.24, 2.45) is 5.92 Å². The largest absolute Gasteiger partial charge is 0.494 e. The Hall–Kier alpha value is -4.02. The molecule has 7 nitrogen and oxygen atoms in total. The lowest BCUT2D eigenvalue weighted by atomic mass is 9.96. The van der Waals surface area contributed by atoms with Crippen LogP contribution in [0.5, 0.6) is 11.5 Å². The first-order valence-electron chi connectivity index (χ1n) is 12.8. The van der Waals surface area contributed by atoms with Gasteiger partial charge in [-0.05, 0) is 66.8 Å². The summed E-state index contributed by atoms with van der Waals surface area (Å²) in [6.07, 6.45) is 0.794. The lowest BCUT2D eigenvalue weighted by Crippen LogP contribution is -2.24. The van der Waals surface area contributed by atoms with Crippen molar-refractivity contribution in [3.05, 3.63) is 89.0 Å². The van der Waals surface area contributed by atoms with Crippen molar-refractivity contribution in [1.82, 2.24) is 0 Å².